The highest BCUT2D eigenvalue weighted by atomic mass is 32.2. The van der Waals surface area contributed by atoms with Gasteiger partial charge >= 0.3 is 5.97 Å². The molecule has 2 unspecified atom stereocenters. The second-order valence-electron chi connectivity index (χ2n) is 5.28. The van der Waals surface area contributed by atoms with Gasteiger partial charge in [0.2, 0.25) is 0 Å². The highest BCUT2D eigenvalue weighted by molar-refractivity contribution is 7.98. The zero-order chi connectivity index (χ0) is 14.5. The molecule has 0 saturated carbocycles. The molecule has 1 heterocycles. The van der Waals surface area contributed by atoms with Gasteiger partial charge in [0.25, 0.3) is 0 Å². The van der Waals surface area contributed by atoms with Crippen molar-refractivity contribution in [3.05, 3.63) is 29.8 Å². The lowest BCUT2D eigenvalue weighted by atomic mass is 9.95. The van der Waals surface area contributed by atoms with Crippen molar-refractivity contribution >= 4 is 17.7 Å². The normalized spacial score (nSPS) is 21.6. The zero-order valence-electron chi connectivity index (χ0n) is 12.2. The summed E-state index contributed by atoms with van der Waals surface area (Å²) >= 11 is 1.73. The third kappa shape index (κ3) is 3.36. The van der Waals surface area contributed by atoms with Crippen LogP contribution in [0.15, 0.2) is 29.2 Å². The number of hydrogen-bond acceptors (Lipinski definition) is 3. The first-order chi connectivity index (χ1) is 9.67. The Bertz CT molecular complexity index is 446. The van der Waals surface area contributed by atoms with E-state index >= 15 is 0 Å². The highest BCUT2D eigenvalue weighted by Crippen LogP contribution is 2.32. The number of nitrogens with zero attached hydrogens (tertiary/aromatic N) is 1. The second-order valence-corrected chi connectivity index (χ2v) is 6.16. The van der Waals surface area contributed by atoms with Crippen LogP contribution < -0.4 is 0 Å². The molecule has 0 spiro atoms. The van der Waals surface area contributed by atoms with Crippen molar-refractivity contribution < 1.29 is 9.90 Å². The first kappa shape index (κ1) is 15.4. The molecular weight excluding hydrogens is 270 g/mol. The van der Waals surface area contributed by atoms with Gasteiger partial charge in [0.1, 0.15) is 6.04 Å². The molecule has 0 aromatic heterocycles. The van der Waals surface area contributed by atoms with Crippen LogP contribution in [0.3, 0.4) is 0 Å². The van der Waals surface area contributed by atoms with Crippen LogP contribution in [0.1, 0.15) is 44.2 Å². The molecule has 110 valence electrons. The first-order valence-electron chi connectivity index (χ1n) is 7.30. The molecule has 0 radical (unpaired) electrons. The molecule has 1 aliphatic rings. The SMILES string of the molecule is CCC(c1ccc(SC)cc1)N1CCCCC1C(=O)O. The first-order valence-corrected chi connectivity index (χ1v) is 8.52. The maximum absolute atomic E-state index is 11.5. The van der Waals surface area contributed by atoms with E-state index in [-0.39, 0.29) is 12.1 Å². The standard InChI is InChI=1S/C16H23NO2S/c1-3-14(12-7-9-13(20-2)10-8-12)17-11-5-4-6-15(17)16(18)19/h7-10,14-15H,3-6,11H2,1-2H3,(H,18,19). The number of benzene rings is 1. The van der Waals surface area contributed by atoms with Crippen LogP contribution in [0.5, 0.6) is 0 Å². The minimum absolute atomic E-state index is 0.215. The minimum atomic E-state index is -0.677. The largest absolute Gasteiger partial charge is 0.480 e. The van der Waals surface area contributed by atoms with Crippen molar-refractivity contribution in [2.45, 2.75) is 49.6 Å². The van der Waals surface area contributed by atoms with Gasteiger partial charge in [-0.25, -0.2) is 0 Å². The summed E-state index contributed by atoms with van der Waals surface area (Å²) in [6, 6.07) is 8.44. The van der Waals surface area contributed by atoms with Gasteiger partial charge < -0.3 is 5.11 Å². The van der Waals surface area contributed by atoms with Crippen molar-refractivity contribution in [3.8, 4) is 0 Å². The number of hydrogen-bond donors (Lipinski definition) is 1. The smallest absolute Gasteiger partial charge is 0.320 e. The maximum atomic E-state index is 11.5. The third-order valence-electron chi connectivity index (χ3n) is 4.12. The fourth-order valence-corrected chi connectivity index (χ4v) is 3.49. The fraction of sp³-hybridized carbons (Fsp3) is 0.562. The molecule has 1 aromatic rings. The average Bonchev–Trinajstić information content (AvgIpc) is 2.49. The molecule has 20 heavy (non-hydrogen) atoms. The van der Waals surface area contributed by atoms with Gasteiger partial charge in [-0.2, -0.15) is 0 Å². The molecule has 1 saturated heterocycles. The van der Waals surface area contributed by atoms with Crippen LogP contribution in [0.25, 0.3) is 0 Å². The molecule has 2 atom stereocenters. The quantitative estimate of drug-likeness (QED) is 0.838. The Morgan fingerprint density at radius 3 is 2.65 bits per heavy atom. The summed E-state index contributed by atoms with van der Waals surface area (Å²) in [6.45, 7) is 3.03. The van der Waals surface area contributed by atoms with E-state index in [1.54, 1.807) is 11.8 Å². The van der Waals surface area contributed by atoms with E-state index in [0.717, 1.165) is 32.2 Å². The average molecular weight is 293 g/mol. The number of rotatable bonds is 5. The minimum Gasteiger partial charge on any atom is -0.480 e. The molecule has 1 aliphatic heterocycles. The number of aliphatic carboxylic acids is 1. The summed E-state index contributed by atoms with van der Waals surface area (Å²) in [7, 11) is 0. The Kier molecular flexibility index (Phi) is 5.49. The summed E-state index contributed by atoms with van der Waals surface area (Å²) in [6.07, 6.45) is 5.91. The number of carbonyl (C=O) groups is 1. The lowest BCUT2D eigenvalue weighted by molar-refractivity contribution is -0.146. The highest BCUT2D eigenvalue weighted by Gasteiger charge is 2.33. The van der Waals surface area contributed by atoms with Crippen molar-refractivity contribution in [1.82, 2.24) is 4.90 Å². The van der Waals surface area contributed by atoms with Crippen molar-refractivity contribution in [2.24, 2.45) is 0 Å². The Labute approximate surface area is 125 Å². The predicted octanol–water partition coefficient (Wildman–Crippen LogP) is 3.80. The topological polar surface area (TPSA) is 40.5 Å². The van der Waals surface area contributed by atoms with E-state index in [1.807, 2.05) is 0 Å². The summed E-state index contributed by atoms with van der Waals surface area (Å²) < 4.78 is 0. The number of carboxylic acids is 1. The van der Waals surface area contributed by atoms with Gasteiger partial charge in [-0.3, -0.25) is 9.69 Å². The van der Waals surface area contributed by atoms with Crippen molar-refractivity contribution in [3.63, 3.8) is 0 Å². The van der Waals surface area contributed by atoms with Gasteiger partial charge in [-0.15, -0.1) is 11.8 Å². The van der Waals surface area contributed by atoms with Crippen LogP contribution in [0, 0.1) is 0 Å². The number of piperidine rings is 1. The van der Waals surface area contributed by atoms with Crippen molar-refractivity contribution in [2.75, 3.05) is 12.8 Å². The summed E-state index contributed by atoms with van der Waals surface area (Å²) in [5.41, 5.74) is 1.23. The third-order valence-corrected chi connectivity index (χ3v) is 4.86. The summed E-state index contributed by atoms with van der Waals surface area (Å²) in [5.74, 6) is -0.677. The molecule has 1 N–H and O–H groups in total. The Hall–Kier alpha value is -1.00. The summed E-state index contributed by atoms with van der Waals surface area (Å²) in [5, 5.41) is 9.44. The molecule has 3 nitrogen and oxygen atoms in total. The number of thioether (sulfide) groups is 1. The van der Waals surface area contributed by atoms with Crippen molar-refractivity contribution in [1.29, 1.82) is 0 Å². The van der Waals surface area contributed by atoms with Gasteiger partial charge in [0.15, 0.2) is 0 Å². The Morgan fingerprint density at radius 1 is 1.40 bits per heavy atom. The number of carboxylic acid groups (broad SMARTS) is 1. The molecule has 0 amide bonds. The van der Waals surface area contributed by atoms with E-state index < -0.39 is 5.97 Å². The molecule has 0 bridgehead atoms. The van der Waals surface area contributed by atoms with Gasteiger partial charge in [-0.05, 0) is 49.8 Å². The fourth-order valence-electron chi connectivity index (χ4n) is 3.08. The maximum Gasteiger partial charge on any atom is 0.320 e. The van der Waals surface area contributed by atoms with Crippen LogP contribution in [0.4, 0.5) is 0 Å². The van der Waals surface area contributed by atoms with Crippen LogP contribution in [-0.2, 0) is 4.79 Å². The van der Waals surface area contributed by atoms with Crippen LogP contribution in [0.2, 0.25) is 0 Å². The molecule has 0 aliphatic carbocycles. The van der Waals surface area contributed by atoms with Gasteiger partial charge in [0.05, 0.1) is 0 Å². The van der Waals surface area contributed by atoms with Crippen LogP contribution in [-0.4, -0.2) is 34.8 Å². The van der Waals surface area contributed by atoms with E-state index in [2.05, 4.69) is 42.3 Å². The van der Waals surface area contributed by atoms with E-state index in [1.165, 1.54) is 10.5 Å². The lowest BCUT2D eigenvalue weighted by Crippen LogP contribution is -2.46. The Balaban J connectivity index is 2.22. The van der Waals surface area contributed by atoms with E-state index in [9.17, 15) is 9.90 Å². The molecule has 1 aromatic carbocycles. The summed E-state index contributed by atoms with van der Waals surface area (Å²) in [4.78, 5) is 14.9. The second kappa shape index (κ2) is 7.14. The van der Waals surface area contributed by atoms with Gasteiger partial charge in [-0.1, -0.05) is 25.5 Å². The lowest BCUT2D eigenvalue weighted by Gasteiger charge is -2.39. The monoisotopic (exact) mass is 293 g/mol. The zero-order valence-corrected chi connectivity index (χ0v) is 13.0. The van der Waals surface area contributed by atoms with Gasteiger partial charge in [0, 0.05) is 10.9 Å². The van der Waals surface area contributed by atoms with E-state index in [4.69, 9.17) is 0 Å². The molecular formula is C16H23NO2S. The van der Waals surface area contributed by atoms with Crippen LogP contribution >= 0.6 is 11.8 Å². The predicted molar refractivity (Wildman–Crippen MR) is 83.2 cm³/mol. The molecule has 4 heteroatoms. The van der Waals surface area contributed by atoms with E-state index in [0.29, 0.717) is 0 Å². The number of likely N-dealkylation sites (tertiary alicyclic amines) is 1. The Morgan fingerprint density at radius 2 is 2.10 bits per heavy atom. The molecule has 2 rings (SSSR count). The molecule has 1 fully saturated rings.